The van der Waals surface area contributed by atoms with Gasteiger partial charge in [0, 0.05) is 5.75 Å². The maximum absolute atomic E-state index is 2.21. The minimum Gasteiger partial charge on any atom is -0.0837 e. The van der Waals surface area contributed by atoms with E-state index in [4.69, 9.17) is 0 Å². The highest BCUT2D eigenvalue weighted by molar-refractivity contribution is 9.42. The first-order valence-electron chi connectivity index (χ1n) is 3.93. The Morgan fingerprint density at radius 3 is 2.64 bits per heavy atom. The highest BCUT2D eigenvalue weighted by Gasteiger charge is 1.92. The SMILES string of the molecule is C1=C\CCSSSSSS/C=C/C=C/1. The highest BCUT2D eigenvalue weighted by Crippen LogP contribution is 2.52. The van der Waals surface area contributed by atoms with Gasteiger partial charge in [-0.15, -0.1) is 0 Å². The Hall–Kier alpha value is 1.32. The summed E-state index contributed by atoms with van der Waals surface area (Å²) < 4.78 is 0. The van der Waals surface area contributed by atoms with E-state index in [1.807, 2.05) is 40.3 Å². The molecule has 1 aliphatic rings. The van der Waals surface area contributed by atoms with Gasteiger partial charge in [-0.2, -0.15) is 0 Å². The van der Waals surface area contributed by atoms with Crippen LogP contribution in [0.25, 0.3) is 0 Å². The van der Waals surface area contributed by atoms with Gasteiger partial charge in [0.2, 0.25) is 0 Å². The van der Waals surface area contributed by atoms with Gasteiger partial charge in [0.15, 0.2) is 0 Å². The molecule has 0 N–H and O–H groups in total. The number of allylic oxidation sites excluding steroid dienone is 5. The summed E-state index contributed by atoms with van der Waals surface area (Å²) in [6.45, 7) is 0. The molecule has 0 aromatic rings. The van der Waals surface area contributed by atoms with Gasteiger partial charge in [-0.3, -0.25) is 0 Å². The Labute approximate surface area is 108 Å². The maximum atomic E-state index is 2.21. The molecule has 14 heavy (non-hydrogen) atoms. The van der Waals surface area contributed by atoms with E-state index in [-0.39, 0.29) is 0 Å². The maximum Gasteiger partial charge on any atom is 0.00801 e. The van der Waals surface area contributed by atoms with Crippen molar-refractivity contribution < 1.29 is 0 Å². The van der Waals surface area contributed by atoms with Crippen LogP contribution in [-0.2, 0) is 0 Å². The number of hydrogen-bond acceptors (Lipinski definition) is 6. The van der Waals surface area contributed by atoms with Crippen molar-refractivity contribution in [2.24, 2.45) is 0 Å². The molecule has 0 aromatic heterocycles. The predicted molar refractivity (Wildman–Crippen MR) is 82.5 cm³/mol. The second-order valence-corrected chi connectivity index (χ2v) is 11.6. The molecule has 1 aliphatic heterocycles. The Balaban J connectivity index is 2.27. The molecular formula is C8H10S6. The van der Waals surface area contributed by atoms with E-state index in [0.717, 1.165) is 6.42 Å². The minimum absolute atomic E-state index is 1.15. The molecule has 0 aliphatic carbocycles. The van der Waals surface area contributed by atoms with Crippen molar-refractivity contribution in [2.75, 3.05) is 5.75 Å². The van der Waals surface area contributed by atoms with E-state index in [9.17, 15) is 0 Å². The molecule has 0 saturated heterocycles. The summed E-state index contributed by atoms with van der Waals surface area (Å²) in [7, 11) is 11.0. The molecule has 78 valence electrons. The van der Waals surface area contributed by atoms with E-state index < -0.39 is 0 Å². The van der Waals surface area contributed by atoms with Crippen molar-refractivity contribution in [3.63, 3.8) is 0 Å². The molecule has 0 unspecified atom stereocenters. The van der Waals surface area contributed by atoms with Crippen LogP contribution in [0.5, 0.6) is 0 Å². The highest BCUT2D eigenvalue weighted by atomic mass is 33.9. The van der Waals surface area contributed by atoms with Crippen molar-refractivity contribution in [1.29, 1.82) is 0 Å². The van der Waals surface area contributed by atoms with Crippen LogP contribution in [0.2, 0.25) is 0 Å². The van der Waals surface area contributed by atoms with Crippen LogP contribution in [0.15, 0.2) is 35.8 Å². The van der Waals surface area contributed by atoms with Crippen LogP contribution in [-0.4, -0.2) is 5.75 Å². The fourth-order valence-corrected chi connectivity index (χ4v) is 11.3. The first-order chi connectivity index (χ1) is 7.00. The summed E-state index contributed by atoms with van der Waals surface area (Å²) in [6, 6.07) is 0. The van der Waals surface area contributed by atoms with Crippen LogP contribution < -0.4 is 0 Å². The molecule has 0 radical (unpaired) electrons. The van der Waals surface area contributed by atoms with Gasteiger partial charge in [0.05, 0.1) is 0 Å². The topological polar surface area (TPSA) is 0 Å². The summed E-state index contributed by atoms with van der Waals surface area (Å²) >= 11 is 0. The monoisotopic (exact) mass is 298 g/mol. The molecule has 0 saturated carbocycles. The van der Waals surface area contributed by atoms with Gasteiger partial charge >= 0.3 is 0 Å². The van der Waals surface area contributed by atoms with E-state index in [1.165, 1.54) is 5.75 Å². The summed E-state index contributed by atoms with van der Waals surface area (Å²) in [5.74, 6) is 1.19. The van der Waals surface area contributed by atoms with Gasteiger partial charge in [0.25, 0.3) is 0 Å². The second kappa shape index (κ2) is 10.8. The standard InChI is InChI=1S/C8H10S6/c1-2-4-6-8-10-12-14-13-11-9-7-5-3-1/h1-5,7H,6,8H2/b3-1+,4-2-,7-5+. The zero-order chi connectivity index (χ0) is 9.90. The second-order valence-electron chi connectivity index (χ2n) is 2.12. The normalized spacial score (nSPS) is 27.4. The van der Waals surface area contributed by atoms with Gasteiger partial charge < -0.3 is 0 Å². The molecule has 0 bridgehead atoms. The van der Waals surface area contributed by atoms with E-state index in [0.29, 0.717) is 0 Å². The third-order valence-corrected chi connectivity index (χ3v) is 11.6. The van der Waals surface area contributed by atoms with Gasteiger partial charge in [-0.1, -0.05) is 52.0 Å². The first-order valence-corrected chi connectivity index (χ1v) is 11.6. The van der Waals surface area contributed by atoms with Gasteiger partial charge in [-0.05, 0) is 51.1 Å². The van der Waals surface area contributed by atoms with Crippen molar-refractivity contribution in [3.05, 3.63) is 35.8 Å². The largest absolute Gasteiger partial charge is 0.0837 e. The fourth-order valence-electron chi connectivity index (χ4n) is 0.612. The molecular weight excluding hydrogens is 288 g/mol. The lowest BCUT2D eigenvalue weighted by atomic mass is 10.4. The first kappa shape index (κ1) is 13.4. The van der Waals surface area contributed by atoms with Crippen molar-refractivity contribution in [1.82, 2.24) is 0 Å². The summed E-state index contributed by atoms with van der Waals surface area (Å²) in [5.41, 5.74) is 0. The van der Waals surface area contributed by atoms with Gasteiger partial charge in [0.1, 0.15) is 0 Å². The predicted octanol–water partition coefficient (Wildman–Crippen LogP) is 5.99. The molecule has 1 rings (SSSR count). The summed E-state index contributed by atoms with van der Waals surface area (Å²) in [6.07, 6.45) is 11.7. The average Bonchev–Trinajstić information content (AvgIpc) is 2.22. The lowest BCUT2D eigenvalue weighted by Crippen LogP contribution is -1.68. The molecule has 0 nitrogen and oxygen atoms in total. The third kappa shape index (κ3) is 8.61. The van der Waals surface area contributed by atoms with Crippen molar-refractivity contribution >= 4 is 60.9 Å². The molecule has 0 amide bonds. The van der Waals surface area contributed by atoms with Gasteiger partial charge in [-0.25, -0.2) is 0 Å². The van der Waals surface area contributed by atoms with Crippen LogP contribution >= 0.6 is 60.9 Å². The van der Waals surface area contributed by atoms with Crippen LogP contribution in [0.4, 0.5) is 0 Å². The molecule has 0 aromatic carbocycles. The van der Waals surface area contributed by atoms with Crippen molar-refractivity contribution in [3.8, 4) is 0 Å². The molecule has 0 spiro atoms. The zero-order valence-electron chi connectivity index (χ0n) is 7.33. The fraction of sp³-hybridized carbons (Fsp3) is 0.250. The Morgan fingerprint density at radius 1 is 0.786 bits per heavy atom. The van der Waals surface area contributed by atoms with E-state index in [1.54, 1.807) is 20.6 Å². The summed E-state index contributed by atoms with van der Waals surface area (Å²) in [5, 5.41) is 2.10. The average molecular weight is 299 g/mol. The van der Waals surface area contributed by atoms with Crippen LogP contribution in [0.1, 0.15) is 6.42 Å². The molecule has 0 fully saturated rings. The molecule has 0 atom stereocenters. The Kier molecular flexibility index (Phi) is 10.3. The minimum atomic E-state index is 1.15. The van der Waals surface area contributed by atoms with Crippen LogP contribution in [0, 0.1) is 0 Å². The van der Waals surface area contributed by atoms with Crippen molar-refractivity contribution in [2.45, 2.75) is 6.42 Å². The summed E-state index contributed by atoms with van der Waals surface area (Å²) in [4.78, 5) is 0. The Morgan fingerprint density at radius 2 is 1.64 bits per heavy atom. The number of hydrogen-bond donors (Lipinski definition) is 0. The third-order valence-electron chi connectivity index (χ3n) is 1.14. The lowest BCUT2D eigenvalue weighted by Gasteiger charge is -1.96. The smallest absolute Gasteiger partial charge is 0.00801 e. The quantitative estimate of drug-likeness (QED) is 0.500. The lowest BCUT2D eigenvalue weighted by molar-refractivity contribution is 1.25. The van der Waals surface area contributed by atoms with Crippen LogP contribution in [0.3, 0.4) is 0 Å². The molecule has 6 heteroatoms. The molecule has 1 heterocycles. The zero-order valence-corrected chi connectivity index (χ0v) is 12.2. The van der Waals surface area contributed by atoms with E-state index in [2.05, 4.69) is 35.8 Å². The number of rotatable bonds is 0. The Bertz CT molecular complexity index is 188. The van der Waals surface area contributed by atoms with E-state index >= 15 is 0 Å².